The molecule has 0 N–H and O–H groups in total. The molecule has 4 rings (SSSR count). The summed E-state index contributed by atoms with van der Waals surface area (Å²) in [5.41, 5.74) is 0.487. The number of hydrogen-bond acceptors (Lipinski definition) is 6. The number of hydrogen-bond donors (Lipinski definition) is 0. The number of carbonyl (C=O) groups excluding carboxylic acids is 1. The van der Waals surface area contributed by atoms with Crippen molar-refractivity contribution in [2.75, 3.05) is 13.1 Å². The zero-order valence-electron chi connectivity index (χ0n) is 15.9. The number of amides is 1. The summed E-state index contributed by atoms with van der Waals surface area (Å²) in [4.78, 5) is 30.7. The van der Waals surface area contributed by atoms with Crippen LogP contribution in [-0.4, -0.2) is 48.4 Å². The third-order valence-electron chi connectivity index (χ3n) is 5.11. The zero-order chi connectivity index (χ0) is 19.7. The smallest absolute Gasteiger partial charge is 0.266 e. The second kappa shape index (κ2) is 7.41. The quantitative estimate of drug-likeness (QED) is 0.679. The summed E-state index contributed by atoms with van der Waals surface area (Å²) in [6.45, 7) is 5.49. The Bertz CT molecular complexity index is 1030. The molecule has 9 heteroatoms. The van der Waals surface area contributed by atoms with Crippen LogP contribution in [0.4, 0.5) is 0 Å². The lowest BCUT2D eigenvalue weighted by Gasteiger charge is -2.32. The molecule has 0 unspecified atom stereocenters. The number of likely N-dealkylation sites (tertiary alicyclic amines) is 1. The highest BCUT2D eigenvalue weighted by molar-refractivity contribution is 5.95. The van der Waals surface area contributed by atoms with Gasteiger partial charge >= 0.3 is 0 Å². The van der Waals surface area contributed by atoms with Gasteiger partial charge in [-0.1, -0.05) is 0 Å². The van der Waals surface area contributed by atoms with Gasteiger partial charge in [-0.25, -0.2) is 14.3 Å². The Labute approximate surface area is 161 Å². The predicted molar refractivity (Wildman–Crippen MR) is 100 cm³/mol. The van der Waals surface area contributed by atoms with Crippen LogP contribution in [0.25, 0.3) is 5.82 Å². The highest BCUT2D eigenvalue weighted by Crippen LogP contribution is 2.22. The molecule has 3 aromatic rings. The number of aryl methyl sites for hydroxylation is 2. The van der Waals surface area contributed by atoms with Gasteiger partial charge in [-0.2, -0.15) is 5.10 Å². The fourth-order valence-electron chi connectivity index (χ4n) is 3.59. The average Bonchev–Trinajstić information content (AvgIpc) is 3.33. The molecule has 1 amide bonds. The molecule has 0 atom stereocenters. The highest BCUT2D eigenvalue weighted by Gasteiger charge is 2.26. The van der Waals surface area contributed by atoms with Gasteiger partial charge < -0.3 is 9.32 Å². The first kappa shape index (κ1) is 18.1. The first-order chi connectivity index (χ1) is 13.5. The Kier molecular flexibility index (Phi) is 4.81. The van der Waals surface area contributed by atoms with Crippen LogP contribution in [-0.2, 0) is 6.54 Å². The topological polar surface area (TPSA) is 99.0 Å². The molecule has 0 aliphatic carbocycles. The van der Waals surface area contributed by atoms with Gasteiger partial charge in [0.15, 0.2) is 5.82 Å². The summed E-state index contributed by atoms with van der Waals surface area (Å²) in [7, 11) is 0. The maximum absolute atomic E-state index is 12.7. The lowest BCUT2D eigenvalue weighted by atomic mass is 9.96. The maximum Gasteiger partial charge on any atom is 0.266 e. The fourth-order valence-corrected chi connectivity index (χ4v) is 3.59. The third kappa shape index (κ3) is 3.60. The normalized spacial score (nSPS) is 15.1. The Morgan fingerprint density at radius 3 is 2.68 bits per heavy atom. The van der Waals surface area contributed by atoms with Gasteiger partial charge in [0.25, 0.3) is 11.5 Å². The predicted octanol–water partition coefficient (Wildman–Crippen LogP) is 1.59. The number of piperidine rings is 1. The summed E-state index contributed by atoms with van der Waals surface area (Å²) >= 11 is 0. The minimum atomic E-state index is -0.146. The van der Waals surface area contributed by atoms with Crippen LogP contribution in [0.1, 0.15) is 34.7 Å². The Morgan fingerprint density at radius 2 is 2.04 bits per heavy atom. The van der Waals surface area contributed by atoms with Crippen molar-refractivity contribution in [3.63, 3.8) is 0 Å². The molecule has 1 aliphatic rings. The minimum absolute atomic E-state index is 0.0104. The van der Waals surface area contributed by atoms with Crippen molar-refractivity contribution in [1.82, 2.24) is 29.4 Å². The van der Waals surface area contributed by atoms with E-state index in [1.54, 1.807) is 18.5 Å². The maximum atomic E-state index is 12.7. The number of nitrogens with zero attached hydrogens (tertiary/aromatic N) is 6. The first-order valence-corrected chi connectivity index (χ1v) is 9.31. The second-order valence-corrected chi connectivity index (χ2v) is 7.11. The van der Waals surface area contributed by atoms with E-state index in [0.717, 1.165) is 18.6 Å². The van der Waals surface area contributed by atoms with Gasteiger partial charge in [0.05, 0.1) is 5.56 Å². The highest BCUT2D eigenvalue weighted by atomic mass is 16.3. The van der Waals surface area contributed by atoms with Crippen molar-refractivity contribution in [3.05, 3.63) is 58.3 Å². The molecule has 0 saturated carbocycles. The Morgan fingerprint density at radius 1 is 1.25 bits per heavy atom. The van der Waals surface area contributed by atoms with Crippen molar-refractivity contribution in [2.24, 2.45) is 5.92 Å². The molecule has 0 spiro atoms. The molecule has 9 nitrogen and oxygen atoms in total. The van der Waals surface area contributed by atoms with Gasteiger partial charge in [-0.3, -0.25) is 9.59 Å². The van der Waals surface area contributed by atoms with Crippen LogP contribution in [0.15, 0.2) is 40.1 Å². The number of rotatable bonds is 4. The zero-order valence-corrected chi connectivity index (χ0v) is 15.9. The van der Waals surface area contributed by atoms with E-state index in [4.69, 9.17) is 4.42 Å². The van der Waals surface area contributed by atoms with E-state index < -0.39 is 0 Å². The molecule has 3 aromatic heterocycles. The summed E-state index contributed by atoms with van der Waals surface area (Å²) in [5, 5.41) is 8.44. The average molecular weight is 382 g/mol. The van der Waals surface area contributed by atoms with Gasteiger partial charge in [0, 0.05) is 25.7 Å². The molecule has 0 aromatic carbocycles. The van der Waals surface area contributed by atoms with Crippen LogP contribution < -0.4 is 5.56 Å². The molecule has 4 heterocycles. The largest absolute Gasteiger partial charge is 0.466 e. The molecular weight excluding hydrogens is 360 g/mol. The van der Waals surface area contributed by atoms with Crippen LogP contribution in [0.5, 0.6) is 0 Å². The molecule has 1 fully saturated rings. The lowest BCUT2D eigenvalue weighted by Crippen LogP contribution is -2.40. The molecule has 0 bridgehead atoms. The van der Waals surface area contributed by atoms with E-state index in [1.807, 2.05) is 18.7 Å². The van der Waals surface area contributed by atoms with Gasteiger partial charge in [0.2, 0.25) is 0 Å². The van der Waals surface area contributed by atoms with Gasteiger partial charge in [-0.15, -0.1) is 5.10 Å². The Hall–Kier alpha value is -3.23. The van der Waals surface area contributed by atoms with E-state index in [9.17, 15) is 9.59 Å². The van der Waals surface area contributed by atoms with Crippen molar-refractivity contribution >= 4 is 5.91 Å². The second-order valence-electron chi connectivity index (χ2n) is 7.11. The summed E-state index contributed by atoms with van der Waals surface area (Å²) in [6, 6.07) is 4.92. The van der Waals surface area contributed by atoms with Gasteiger partial charge in [0.1, 0.15) is 24.2 Å². The van der Waals surface area contributed by atoms with E-state index in [1.165, 1.54) is 21.8 Å². The molecule has 28 heavy (non-hydrogen) atoms. The van der Waals surface area contributed by atoms with Crippen molar-refractivity contribution in [3.8, 4) is 5.82 Å². The first-order valence-electron chi connectivity index (χ1n) is 9.31. The third-order valence-corrected chi connectivity index (χ3v) is 5.11. The molecule has 146 valence electrons. The van der Waals surface area contributed by atoms with Crippen molar-refractivity contribution < 1.29 is 9.21 Å². The van der Waals surface area contributed by atoms with Crippen LogP contribution in [0, 0.1) is 19.8 Å². The molecule has 1 aliphatic heterocycles. The standard InChI is InChI=1S/C19H22N6O3/c1-13-9-16(14(2)28-13)19(27)23-7-5-15(6-8-23)10-24-18(26)4-3-17(22-24)25-12-20-11-21-25/h3-4,9,11-12,15H,5-8,10H2,1-2H3. The monoisotopic (exact) mass is 382 g/mol. The summed E-state index contributed by atoms with van der Waals surface area (Å²) < 4.78 is 8.47. The van der Waals surface area contributed by atoms with E-state index in [-0.39, 0.29) is 17.4 Å². The number of carbonyl (C=O) groups is 1. The van der Waals surface area contributed by atoms with Crippen LogP contribution in [0.3, 0.4) is 0 Å². The van der Waals surface area contributed by atoms with Crippen LogP contribution in [0.2, 0.25) is 0 Å². The SMILES string of the molecule is Cc1cc(C(=O)N2CCC(Cn3nc(-n4cncn4)ccc3=O)CC2)c(C)o1. The molecular formula is C19H22N6O3. The van der Waals surface area contributed by atoms with E-state index in [2.05, 4.69) is 15.2 Å². The number of aromatic nitrogens is 5. The van der Waals surface area contributed by atoms with Crippen molar-refractivity contribution in [2.45, 2.75) is 33.2 Å². The molecule has 1 saturated heterocycles. The summed E-state index contributed by atoms with van der Waals surface area (Å²) in [6.07, 6.45) is 4.61. The van der Waals surface area contributed by atoms with E-state index in [0.29, 0.717) is 36.8 Å². The van der Waals surface area contributed by atoms with Gasteiger partial charge in [-0.05, 0) is 44.7 Å². The fraction of sp³-hybridized carbons (Fsp3) is 0.421. The lowest BCUT2D eigenvalue weighted by molar-refractivity contribution is 0.0678. The number of furan rings is 1. The minimum Gasteiger partial charge on any atom is -0.466 e. The van der Waals surface area contributed by atoms with E-state index >= 15 is 0 Å². The van der Waals surface area contributed by atoms with Crippen LogP contribution >= 0.6 is 0 Å². The van der Waals surface area contributed by atoms with Crippen molar-refractivity contribution in [1.29, 1.82) is 0 Å². The summed E-state index contributed by atoms with van der Waals surface area (Å²) in [5.74, 6) is 2.25. The Balaban J connectivity index is 1.41. The molecule has 0 radical (unpaired) electrons.